The van der Waals surface area contributed by atoms with Gasteiger partial charge in [0.15, 0.2) is 17.3 Å². The first-order chi connectivity index (χ1) is 54.6. The second-order valence-corrected chi connectivity index (χ2v) is 29.7. The predicted octanol–water partition coefficient (Wildman–Crippen LogP) is 2.25. The van der Waals surface area contributed by atoms with Crippen molar-refractivity contribution in [2.45, 2.75) is 191 Å². The molecule has 3 saturated heterocycles. The van der Waals surface area contributed by atoms with Gasteiger partial charge in [-0.2, -0.15) is 0 Å². The standard InChI is InChI=1S/C69H93N9O27S.C8H19N/c1-6-24-101-68(94)76(44(36-79)37-80)23-22-51(84)58-67(93)78-34-38(3)60(86)59(78)65(91)70-33-45(82)30-49(71-61(87)43-15-13-41(14-16-43)48-32-54(104-75-48)42-17-19-47(20-18-42)100-27-11-9-8-10-26-99-5)62(88)72-56(39(4)81)66(92)77-35-46(83)31-50(77)63(89)73-57(64(90)74-58)52(85)28-40-12-21-53(103-69(95)102-25-7-2)55(29-40)105-106(96,97)98;1-6-9(7(2)3)8(4)5/h6-7,12-21,29,32,38-39,44-46,49-52,56-60,79-86,96-98H,1-2,8-11,22-28,30-31,33-37H2,3-5H3,(H,70,91)(H,71,87)(H,72,88)(H,73,89)(H,74,90);7-8H,6H2,1-5H3/t38-,39+,45+,46+,49-,50-,51+,52+,56-,57-,58-,59-,60-;/m0./s1. The van der Waals surface area contributed by atoms with Gasteiger partial charge in [-0.1, -0.05) is 68.9 Å². The number of rotatable bonds is 33. The largest absolute Gasteiger partial charge is 0.514 e. The summed E-state index contributed by atoms with van der Waals surface area (Å²) in [7, 11) is 1.67. The Morgan fingerprint density at radius 1 is 0.713 bits per heavy atom. The van der Waals surface area contributed by atoms with Crippen molar-refractivity contribution in [3.63, 3.8) is 0 Å². The fraction of sp³-hybridized carbons (Fsp3) is 0.558. The van der Waals surface area contributed by atoms with Gasteiger partial charge in [0.1, 0.15) is 60.9 Å². The fourth-order valence-electron chi connectivity index (χ4n) is 13.3. The maximum Gasteiger partial charge on any atom is 0.514 e. The molecular formula is C77H112N10O27S. The minimum absolute atomic E-state index is 0.0529. The zero-order chi connectivity index (χ0) is 85.0. The third-order valence-electron chi connectivity index (χ3n) is 19.3. The van der Waals surface area contributed by atoms with Gasteiger partial charge in [0.05, 0.1) is 62.5 Å². The number of β-amino-alcohol motifs (C(OH)–C–C–N with tert-alkyl or cyclic N) is 1. The van der Waals surface area contributed by atoms with E-state index in [0.717, 1.165) is 72.1 Å². The highest BCUT2D eigenvalue weighted by atomic mass is 32.3. The highest BCUT2D eigenvalue weighted by Crippen LogP contribution is 2.42. The number of benzene rings is 3. The molecule has 4 aromatic rings. The van der Waals surface area contributed by atoms with E-state index in [2.05, 4.69) is 84.4 Å². The van der Waals surface area contributed by atoms with Gasteiger partial charge in [-0.15, -0.1) is 0 Å². The molecule has 0 unspecified atom stereocenters. The van der Waals surface area contributed by atoms with Gasteiger partial charge in [-0.05, 0) is 121 Å². The molecule has 0 spiro atoms. The maximum atomic E-state index is 15.3. The van der Waals surface area contributed by atoms with Crippen LogP contribution in [-0.2, 0) is 49.4 Å². The Balaban J connectivity index is 0.00000215. The van der Waals surface area contributed by atoms with E-state index in [1.807, 2.05) is 12.1 Å². The molecule has 3 aromatic carbocycles. The van der Waals surface area contributed by atoms with E-state index in [0.29, 0.717) is 53.6 Å². The number of hydrogen-bond acceptors (Lipinski definition) is 29. The molecule has 1 aromatic heterocycles. The van der Waals surface area contributed by atoms with Crippen LogP contribution in [0.5, 0.6) is 17.2 Å². The summed E-state index contributed by atoms with van der Waals surface area (Å²) < 4.78 is 66.3. The van der Waals surface area contributed by atoms with Crippen LogP contribution >= 0.6 is 11.2 Å². The average Bonchev–Trinajstić information content (AvgIpc) is 1.49. The molecule has 37 nitrogen and oxygen atoms in total. The number of ether oxygens (including phenoxy) is 5. The summed E-state index contributed by atoms with van der Waals surface area (Å²) in [4.78, 5) is 134. The molecule has 13 atom stereocenters. The number of aromatic nitrogens is 1. The van der Waals surface area contributed by atoms with Crippen molar-refractivity contribution >= 4 is 64.8 Å². The molecule has 3 fully saturated rings. The molecule has 7 rings (SSSR count). The Kier molecular flexibility index (Phi) is 37.6. The second kappa shape index (κ2) is 45.8. The summed E-state index contributed by atoms with van der Waals surface area (Å²) in [5.74, 6) is -10.1. The average molecular weight is 1640 g/mol. The Morgan fingerprint density at radius 2 is 1.33 bits per heavy atom. The van der Waals surface area contributed by atoms with Crippen molar-refractivity contribution in [3.05, 3.63) is 109 Å². The van der Waals surface area contributed by atoms with E-state index >= 15 is 9.59 Å². The Hall–Kier alpha value is -9.39. The van der Waals surface area contributed by atoms with Crippen LogP contribution in [-0.4, -0.2) is 303 Å². The lowest BCUT2D eigenvalue weighted by Gasteiger charge is -2.35. The normalized spacial score (nSPS) is 22.2. The molecular weight excluding hydrogens is 1530 g/mol. The van der Waals surface area contributed by atoms with E-state index in [9.17, 15) is 88.1 Å². The van der Waals surface area contributed by atoms with Gasteiger partial charge in [0.25, 0.3) is 17.1 Å². The molecule has 0 aliphatic carbocycles. The van der Waals surface area contributed by atoms with Crippen molar-refractivity contribution in [1.29, 1.82) is 0 Å². The summed E-state index contributed by atoms with van der Waals surface area (Å²) in [6.07, 6.45) is -10.7. The number of aliphatic hydroxyl groups is 8. The van der Waals surface area contributed by atoms with Crippen LogP contribution in [0.2, 0.25) is 0 Å². The number of fused-ring (bicyclic) bond motifs is 2. The monoisotopic (exact) mass is 1640 g/mol. The first kappa shape index (κ1) is 94.5. The van der Waals surface area contributed by atoms with E-state index in [1.54, 1.807) is 25.3 Å². The maximum absolute atomic E-state index is 15.3. The second-order valence-electron chi connectivity index (χ2n) is 28.6. The van der Waals surface area contributed by atoms with Gasteiger partial charge in [0.2, 0.25) is 35.4 Å². The molecule has 0 saturated carbocycles. The van der Waals surface area contributed by atoms with Gasteiger partial charge in [-0.3, -0.25) is 52.1 Å². The number of methoxy groups -OCH3 is 1. The lowest BCUT2D eigenvalue weighted by atomic mass is 9.98. The van der Waals surface area contributed by atoms with Gasteiger partial charge in [-0.25, -0.2) is 9.59 Å². The Morgan fingerprint density at radius 3 is 1.93 bits per heavy atom. The Labute approximate surface area is 668 Å². The summed E-state index contributed by atoms with van der Waals surface area (Å²) in [5, 5.41) is 107. The summed E-state index contributed by atoms with van der Waals surface area (Å²) in [5.41, 5.74) is 1.34. The van der Waals surface area contributed by atoms with Gasteiger partial charge >= 0.3 is 12.2 Å². The Bertz CT molecular complexity index is 3840. The van der Waals surface area contributed by atoms with E-state index in [-0.39, 0.29) is 24.3 Å². The minimum Gasteiger partial charge on any atom is -0.494 e. The molecule has 8 amide bonds. The van der Waals surface area contributed by atoms with Crippen LogP contribution in [0.3, 0.4) is 0 Å². The van der Waals surface area contributed by atoms with Gasteiger partial charge in [0, 0.05) is 99.9 Å². The third kappa shape index (κ3) is 27.9. The number of hydrogen-bond donors (Lipinski definition) is 16. The first-order valence-corrected chi connectivity index (χ1v) is 39.3. The number of carbonyl (C=O) groups excluding carboxylic acids is 9. The van der Waals surface area contributed by atoms with Crippen LogP contribution in [0.25, 0.3) is 22.6 Å². The minimum atomic E-state index is -4.93. The van der Waals surface area contributed by atoms with Crippen molar-refractivity contribution in [3.8, 4) is 39.8 Å². The highest BCUT2D eigenvalue weighted by molar-refractivity contribution is 8.15. The van der Waals surface area contributed by atoms with E-state index in [4.69, 9.17) is 32.4 Å². The lowest BCUT2D eigenvalue weighted by molar-refractivity contribution is -0.147. The zero-order valence-corrected chi connectivity index (χ0v) is 66.6. The topological polar surface area (TPSA) is 531 Å². The molecule has 38 heteroatoms. The number of unbranched alkanes of at least 4 members (excludes halogenated alkanes) is 3. The number of nitrogens with one attached hydrogen (secondary N) is 5. The van der Waals surface area contributed by atoms with Crippen LogP contribution in [0, 0.1) is 5.92 Å². The predicted molar refractivity (Wildman–Crippen MR) is 416 cm³/mol. The van der Waals surface area contributed by atoms with Crippen molar-refractivity contribution in [1.82, 2.24) is 51.3 Å². The summed E-state index contributed by atoms with van der Waals surface area (Å²) in [6, 6.07) is 5.31. The van der Waals surface area contributed by atoms with Crippen LogP contribution in [0.1, 0.15) is 109 Å². The quantitative estimate of drug-likeness (QED) is 0.0141. The molecule has 0 bridgehead atoms. The zero-order valence-electron chi connectivity index (χ0n) is 65.8. The van der Waals surface area contributed by atoms with Crippen LogP contribution in [0.4, 0.5) is 9.59 Å². The van der Waals surface area contributed by atoms with Crippen molar-refractivity contribution in [2.75, 3.05) is 79.5 Å². The molecule has 4 heterocycles. The van der Waals surface area contributed by atoms with E-state index in [1.165, 1.54) is 43.3 Å². The van der Waals surface area contributed by atoms with Crippen LogP contribution in [0.15, 0.2) is 103 Å². The number of carbonyl (C=O) groups is 9. The smallest absolute Gasteiger partial charge is 0.494 e. The summed E-state index contributed by atoms with van der Waals surface area (Å²) >= 11 is -4.93. The molecule has 16 N–H and O–H groups in total. The number of aliphatic hydroxyl groups excluding tert-OH is 8. The fourth-order valence-corrected chi connectivity index (χ4v) is 13.7. The number of nitrogens with zero attached hydrogens (tertiary/aromatic N) is 5. The highest BCUT2D eigenvalue weighted by Gasteiger charge is 2.50. The van der Waals surface area contributed by atoms with Crippen molar-refractivity contribution in [2.24, 2.45) is 5.92 Å². The SMILES string of the molecule is C=CCOC(=O)Oc1ccc(C[C@@H](O)[C@@H]2NC(=O)[C@@H]3C[C@@H](O)CN3C(=O)[C@H]([C@@H](C)O)NC(=O)[C@@H](NC(=O)c3ccc(-c4cc(-c5ccc(OCCCCCCOC)cc5)on4)cc3)C[C@@H](O)CNC(=O)[C@@H]3[C@@H](O)[C@@H](C)CN3C(=O)[C@H]([C@H](O)CCN(C(=O)OCC=C)C(CO)CO)NC2=O)cc1OS(O)(O)O.CCN(C(C)C)C(C)C. The molecule has 115 heavy (non-hydrogen) atoms. The van der Waals surface area contributed by atoms with E-state index < -0.39 is 226 Å². The van der Waals surface area contributed by atoms with Gasteiger partial charge < -0.3 is 115 Å². The van der Waals surface area contributed by atoms with Crippen molar-refractivity contribution < 1.29 is 130 Å². The third-order valence-corrected chi connectivity index (χ3v) is 19.7. The van der Waals surface area contributed by atoms with Crippen LogP contribution < -0.4 is 40.2 Å². The first-order valence-electron chi connectivity index (χ1n) is 37.9. The molecule has 638 valence electrons. The molecule has 3 aliphatic rings. The lowest BCUT2D eigenvalue weighted by Crippen LogP contribution is -2.64. The summed E-state index contributed by atoms with van der Waals surface area (Å²) in [6.45, 7) is 17.9. The molecule has 3 aliphatic heterocycles. The number of amides is 8. The molecule has 0 radical (unpaired) electrons.